The van der Waals surface area contributed by atoms with Crippen LogP contribution < -0.4 is 0 Å². The van der Waals surface area contributed by atoms with Crippen LogP contribution in [-0.4, -0.2) is 29.8 Å². The van der Waals surface area contributed by atoms with Gasteiger partial charge in [0.1, 0.15) is 0 Å². The second-order valence-electron chi connectivity index (χ2n) is 3.15. The number of hydrogen-bond donors (Lipinski definition) is 1. The molecule has 0 radical (unpaired) electrons. The van der Waals surface area contributed by atoms with Crippen molar-refractivity contribution in [2.24, 2.45) is 0 Å². The molecule has 11 heavy (non-hydrogen) atoms. The first-order chi connectivity index (χ1) is 5.33. The van der Waals surface area contributed by atoms with Crippen molar-refractivity contribution in [1.82, 2.24) is 4.90 Å². The molecular formula is C9H17NS. The van der Waals surface area contributed by atoms with Gasteiger partial charge in [0.2, 0.25) is 0 Å². The molecule has 0 N–H and O–H groups in total. The number of piperidine rings is 1. The maximum atomic E-state index is 4.45. The Hall–Kier alpha value is 0.0500. The Morgan fingerprint density at radius 3 is 2.64 bits per heavy atom. The van der Waals surface area contributed by atoms with Gasteiger partial charge in [-0.1, -0.05) is 6.08 Å². The van der Waals surface area contributed by atoms with Gasteiger partial charge in [-0.25, -0.2) is 0 Å². The smallest absolute Gasteiger partial charge is 0.00411 e. The lowest BCUT2D eigenvalue weighted by Crippen LogP contribution is -2.34. The lowest BCUT2D eigenvalue weighted by Gasteiger charge is -2.29. The van der Waals surface area contributed by atoms with Crippen molar-refractivity contribution in [3.8, 4) is 0 Å². The molecule has 1 saturated heterocycles. The van der Waals surface area contributed by atoms with Crippen molar-refractivity contribution < 1.29 is 0 Å². The van der Waals surface area contributed by atoms with E-state index >= 15 is 0 Å². The van der Waals surface area contributed by atoms with Gasteiger partial charge in [0.05, 0.1) is 0 Å². The molecule has 0 unspecified atom stereocenters. The Balaban J connectivity index is 2.12. The molecule has 0 bridgehead atoms. The van der Waals surface area contributed by atoms with Crippen LogP contribution in [0.1, 0.15) is 19.3 Å². The molecule has 0 spiro atoms. The first-order valence-corrected chi connectivity index (χ1v) is 4.86. The molecule has 0 amide bonds. The molecule has 1 heterocycles. The monoisotopic (exact) mass is 171 g/mol. The molecule has 1 aliphatic heterocycles. The Morgan fingerprint density at radius 1 is 1.45 bits per heavy atom. The summed E-state index contributed by atoms with van der Waals surface area (Å²) in [4.78, 5) is 2.49. The van der Waals surface area contributed by atoms with E-state index in [4.69, 9.17) is 0 Å². The van der Waals surface area contributed by atoms with Gasteiger partial charge < -0.3 is 4.90 Å². The molecule has 0 saturated carbocycles. The highest BCUT2D eigenvalue weighted by Crippen LogP contribution is 2.14. The van der Waals surface area contributed by atoms with Crippen LogP contribution in [0.5, 0.6) is 0 Å². The fourth-order valence-electron chi connectivity index (χ4n) is 1.42. The largest absolute Gasteiger partial charge is 0.303 e. The lowest BCUT2D eigenvalue weighted by atomic mass is 10.1. The van der Waals surface area contributed by atoms with E-state index in [1.165, 1.54) is 32.5 Å². The van der Waals surface area contributed by atoms with E-state index in [-0.39, 0.29) is 0 Å². The predicted molar refractivity (Wildman–Crippen MR) is 53.3 cm³/mol. The first-order valence-electron chi connectivity index (χ1n) is 4.34. The molecule has 0 atom stereocenters. The zero-order valence-electron chi connectivity index (χ0n) is 7.00. The summed E-state index contributed by atoms with van der Waals surface area (Å²) in [5.74, 6) is 0. The number of likely N-dealkylation sites (tertiary alicyclic amines) is 1. The molecular weight excluding hydrogens is 154 g/mol. The molecule has 2 heteroatoms. The van der Waals surface area contributed by atoms with Crippen LogP contribution in [0.3, 0.4) is 0 Å². The van der Waals surface area contributed by atoms with E-state index in [0.29, 0.717) is 5.25 Å². The molecule has 1 nitrogen and oxygen atoms in total. The zero-order valence-corrected chi connectivity index (χ0v) is 7.89. The predicted octanol–water partition coefficient (Wildman–Crippen LogP) is 1.96. The molecule has 0 aromatic heterocycles. The van der Waals surface area contributed by atoms with Gasteiger partial charge in [0.25, 0.3) is 0 Å². The minimum absolute atomic E-state index is 0.648. The second kappa shape index (κ2) is 4.83. The third-order valence-electron chi connectivity index (χ3n) is 2.21. The van der Waals surface area contributed by atoms with Gasteiger partial charge >= 0.3 is 0 Å². The molecule has 64 valence electrons. The van der Waals surface area contributed by atoms with Crippen molar-refractivity contribution in [2.45, 2.75) is 24.5 Å². The Bertz CT molecular complexity index is 117. The van der Waals surface area contributed by atoms with Crippen LogP contribution in [0.2, 0.25) is 0 Å². The maximum absolute atomic E-state index is 4.45. The third kappa shape index (κ3) is 3.30. The normalized spacial score (nSPS) is 21.9. The average molecular weight is 171 g/mol. The number of hydrogen-bond acceptors (Lipinski definition) is 2. The fourth-order valence-corrected chi connectivity index (χ4v) is 1.65. The SMILES string of the molecule is C=CCCN1CCC(S)CC1. The second-order valence-corrected chi connectivity index (χ2v) is 3.88. The highest BCUT2D eigenvalue weighted by molar-refractivity contribution is 7.80. The topological polar surface area (TPSA) is 3.24 Å². The van der Waals surface area contributed by atoms with Crippen LogP contribution in [0.25, 0.3) is 0 Å². The fraction of sp³-hybridized carbons (Fsp3) is 0.778. The minimum atomic E-state index is 0.648. The van der Waals surface area contributed by atoms with Gasteiger partial charge in [-0.2, -0.15) is 12.6 Å². The Kier molecular flexibility index (Phi) is 4.02. The summed E-state index contributed by atoms with van der Waals surface area (Å²) in [5.41, 5.74) is 0. The maximum Gasteiger partial charge on any atom is 0.00411 e. The van der Waals surface area contributed by atoms with Crippen molar-refractivity contribution >= 4 is 12.6 Å². The summed E-state index contributed by atoms with van der Waals surface area (Å²) < 4.78 is 0. The Labute approximate surface area is 74.9 Å². The van der Waals surface area contributed by atoms with Crippen LogP contribution in [0, 0.1) is 0 Å². The third-order valence-corrected chi connectivity index (χ3v) is 2.72. The van der Waals surface area contributed by atoms with Crippen LogP contribution in [0.4, 0.5) is 0 Å². The van der Waals surface area contributed by atoms with E-state index < -0.39 is 0 Å². The van der Waals surface area contributed by atoms with Gasteiger partial charge in [-0.05, 0) is 32.4 Å². The van der Waals surface area contributed by atoms with Crippen molar-refractivity contribution in [2.75, 3.05) is 19.6 Å². The van der Waals surface area contributed by atoms with E-state index in [0.717, 1.165) is 6.42 Å². The molecule has 0 aromatic rings. The van der Waals surface area contributed by atoms with E-state index in [2.05, 4.69) is 24.1 Å². The van der Waals surface area contributed by atoms with Gasteiger partial charge in [-0.15, -0.1) is 6.58 Å². The van der Waals surface area contributed by atoms with Gasteiger partial charge in [0, 0.05) is 11.8 Å². The average Bonchev–Trinajstić information content (AvgIpc) is 2.04. The number of thiol groups is 1. The van der Waals surface area contributed by atoms with E-state index in [1.807, 2.05) is 6.08 Å². The highest BCUT2D eigenvalue weighted by Gasteiger charge is 2.14. The minimum Gasteiger partial charge on any atom is -0.303 e. The van der Waals surface area contributed by atoms with Crippen molar-refractivity contribution in [3.63, 3.8) is 0 Å². The summed E-state index contributed by atoms with van der Waals surface area (Å²) in [7, 11) is 0. The molecule has 0 aromatic carbocycles. The molecule has 0 aliphatic carbocycles. The standard InChI is InChI=1S/C9H17NS/c1-2-3-6-10-7-4-9(11)5-8-10/h2,9,11H,1,3-8H2. The van der Waals surface area contributed by atoms with Crippen LogP contribution >= 0.6 is 12.6 Å². The quantitative estimate of drug-likeness (QED) is 0.502. The number of rotatable bonds is 3. The lowest BCUT2D eigenvalue weighted by molar-refractivity contribution is 0.237. The summed E-state index contributed by atoms with van der Waals surface area (Å²) in [6.07, 6.45) is 5.62. The molecule has 1 fully saturated rings. The van der Waals surface area contributed by atoms with Crippen molar-refractivity contribution in [1.29, 1.82) is 0 Å². The van der Waals surface area contributed by atoms with Crippen molar-refractivity contribution in [3.05, 3.63) is 12.7 Å². The summed E-state index contributed by atoms with van der Waals surface area (Å²) in [5, 5.41) is 0.648. The Morgan fingerprint density at radius 2 is 2.09 bits per heavy atom. The van der Waals surface area contributed by atoms with Crippen LogP contribution in [-0.2, 0) is 0 Å². The van der Waals surface area contributed by atoms with Gasteiger partial charge in [-0.3, -0.25) is 0 Å². The summed E-state index contributed by atoms with van der Waals surface area (Å²) >= 11 is 4.45. The van der Waals surface area contributed by atoms with Gasteiger partial charge in [0.15, 0.2) is 0 Å². The molecule has 1 rings (SSSR count). The van der Waals surface area contributed by atoms with E-state index in [1.54, 1.807) is 0 Å². The van der Waals surface area contributed by atoms with Crippen LogP contribution in [0.15, 0.2) is 12.7 Å². The number of nitrogens with zero attached hydrogens (tertiary/aromatic N) is 1. The molecule has 1 aliphatic rings. The summed E-state index contributed by atoms with van der Waals surface area (Å²) in [6.45, 7) is 7.35. The summed E-state index contributed by atoms with van der Waals surface area (Å²) in [6, 6.07) is 0. The first kappa shape index (κ1) is 9.14. The highest BCUT2D eigenvalue weighted by atomic mass is 32.1. The van der Waals surface area contributed by atoms with E-state index in [9.17, 15) is 0 Å². The zero-order chi connectivity index (χ0) is 8.10.